The van der Waals surface area contributed by atoms with E-state index in [1.807, 2.05) is 24.4 Å². The van der Waals surface area contributed by atoms with Crippen LogP contribution >= 0.6 is 11.6 Å². The molecule has 1 aromatic heterocycles. The Morgan fingerprint density at radius 1 is 1.45 bits per heavy atom. The van der Waals surface area contributed by atoms with Crippen LogP contribution in [-0.2, 0) is 6.54 Å². The van der Waals surface area contributed by atoms with Crippen LogP contribution in [-0.4, -0.2) is 29.0 Å². The smallest absolute Gasteiger partial charge is 0.0761 e. The molecular formula is C16H20ClN3. The minimum absolute atomic E-state index is 0.278. The number of hydrogen-bond acceptors (Lipinski definition) is 3. The summed E-state index contributed by atoms with van der Waals surface area (Å²) in [5, 5.41) is 1.81. The van der Waals surface area contributed by atoms with Gasteiger partial charge in [-0.15, -0.1) is 0 Å². The summed E-state index contributed by atoms with van der Waals surface area (Å²) >= 11 is 6.24. The van der Waals surface area contributed by atoms with E-state index >= 15 is 0 Å². The van der Waals surface area contributed by atoms with Gasteiger partial charge < -0.3 is 5.73 Å². The summed E-state index contributed by atoms with van der Waals surface area (Å²) in [7, 11) is 0. The van der Waals surface area contributed by atoms with Crippen molar-refractivity contribution >= 4 is 22.5 Å². The molecule has 1 saturated heterocycles. The molecule has 0 saturated carbocycles. The molecule has 1 fully saturated rings. The van der Waals surface area contributed by atoms with E-state index in [4.69, 9.17) is 17.3 Å². The number of fused-ring (bicyclic) bond motifs is 1. The Bertz CT molecular complexity index is 612. The number of rotatable bonds is 3. The van der Waals surface area contributed by atoms with Crippen molar-refractivity contribution in [2.75, 3.05) is 13.1 Å². The lowest BCUT2D eigenvalue weighted by Crippen LogP contribution is -2.29. The van der Waals surface area contributed by atoms with Crippen molar-refractivity contribution in [3.63, 3.8) is 0 Å². The van der Waals surface area contributed by atoms with Crippen molar-refractivity contribution in [2.24, 2.45) is 11.7 Å². The van der Waals surface area contributed by atoms with Gasteiger partial charge in [0.1, 0.15) is 0 Å². The number of nitrogens with zero attached hydrogens (tertiary/aromatic N) is 2. The van der Waals surface area contributed by atoms with Gasteiger partial charge in [-0.05, 0) is 49.6 Å². The van der Waals surface area contributed by atoms with Crippen molar-refractivity contribution in [3.05, 3.63) is 41.0 Å². The number of pyridine rings is 1. The lowest BCUT2D eigenvalue weighted by molar-refractivity contribution is 0.309. The van der Waals surface area contributed by atoms with E-state index in [1.54, 1.807) is 0 Å². The molecule has 0 radical (unpaired) electrons. The Morgan fingerprint density at radius 3 is 3.05 bits per heavy atom. The SMILES string of the molecule is CC(N)C1CCN(Cc2ccc(Cl)c3cccnc23)C1. The van der Waals surface area contributed by atoms with E-state index in [0.29, 0.717) is 5.92 Å². The molecule has 0 spiro atoms. The van der Waals surface area contributed by atoms with Crippen LogP contribution in [0.1, 0.15) is 18.9 Å². The fraction of sp³-hybridized carbons (Fsp3) is 0.438. The van der Waals surface area contributed by atoms with Gasteiger partial charge >= 0.3 is 0 Å². The average Bonchev–Trinajstić information content (AvgIpc) is 2.91. The quantitative estimate of drug-likeness (QED) is 0.944. The first-order valence-corrected chi connectivity index (χ1v) is 7.53. The molecule has 4 heteroatoms. The molecule has 1 aromatic carbocycles. The highest BCUT2D eigenvalue weighted by Gasteiger charge is 2.25. The van der Waals surface area contributed by atoms with Crippen molar-refractivity contribution in [1.82, 2.24) is 9.88 Å². The van der Waals surface area contributed by atoms with Gasteiger partial charge in [0, 0.05) is 35.7 Å². The summed E-state index contributed by atoms with van der Waals surface area (Å²) in [5.74, 6) is 0.613. The minimum atomic E-state index is 0.278. The molecule has 2 N–H and O–H groups in total. The third-order valence-corrected chi connectivity index (χ3v) is 4.58. The molecule has 1 aliphatic heterocycles. The third kappa shape index (κ3) is 2.66. The average molecular weight is 290 g/mol. The molecule has 0 bridgehead atoms. The van der Waals surface area contributed by atoms with Gasteiger partial charge in [0.05, 0.1) is 5.52 Å². The summed E-state index contributed by atoms with van der Waals surface area (Å²) in [5.41, 5.74) is 8.27. The Hall–Kier alpha value is -1.16. The fourth-order valence-electron chi connectivity index (χ4n) is 3.00. The first-order chi connectivity index (χ1) is 9.65. The fourth-order valence-corrected chi connectivity index (χ4v) is 3.22. The maximum absolute atomic E-state index is 6.24. The van der Waals surface area contributed by atoms with Crippen LogP contribution in [0.2, 0.25) is 5.02 Å². The molecule has 20 heavy (non-hydrogen) atoms. The van der Waals surface area contributed by atoms with Crippen LogP contribution in [0.3, 0.4) is 0 Å². The summed E-state index contributed by atoms with van der Waals surface area (Å²) in [6.07, 6.45) is 3.02. The summed E-state index contributed by atoms with van der Waals surface area (Å²) in [4.78, 5) is 6.97. The first kappa shape index (κ1) is 13.8. The van der Waals surface area contributed by atoms with E-state index in [9.17, 15) is 0 Å². The summed E-state index contributed by atoms with van der Waals surface area (Å²) in [6, 6.07) is 8.31. The van der Waals surface area contributed by atoms with Gasteiger partial charge in [0.25, 0.3) is 0 Å². The van der Waals surface area contributed by atoms with Crippen molar-refractivity contribution in [3.8, 4) is 0 Å². The van der Waals surface area contributed by atoms with Crippen molar-refractivity contribution in [1.29, 1.82) is 0 Å². The molecule has 0 aliphatic carbocycles. The maximum atomic E-state index is 6.24. The molecule has 2 atom stereocenters. The highest BCUT2D eigenvalue weighted by molar-refractivity contribution is 6.35. The number of hydrogen-bond donors (Lipinski definition) is 1. The topological polar surface area (TPSA) is 42.1 Å². The number of halogens is 1. The second-order valence-electron chi connectivity index (χ2n) is 5.75. The highest BCUT2D eigenvalue weighted by atomic mass is 35.5. The van der Waals surface area contributed by atoms with E-state index in [2.05, 4.69) is 22.9 Å². The largest absolute Gasteiger partial charge is 0.328 e. The Balaban J connectivity index is 1.84. The lowest BCUT2D eigenvalue weighted by Gasteiger charge is -2.18. The van der Waals surface area contributed by atoms with E-state index < -0.39 is 0 Å². The molecule has 0 amide bonds. The van der Waals surface area contributed by atoms with Gasteiger partial charge in [-0.2, -0.15) is 0 Å². The Morgan fingerprint density at radius 2 is 2.30 bits per heavy atom. The molecular weight excluding hydrogens is 270 g/mol. The van der Waals surface area contributed by atoms with Crippen LogP contribution in [0.5, 0.6) is 0 Å². The van der Waals surface area contributed by atoms with Crippen molar-refractivity contribution in [2.45, 2.75) is 25.9 Å². The van der Waals surface area contributed by atoms with E-state index in [-0.39, 0.29) is 6.04 Å². The van der Waals surface area contributed by atoms with E-state index in [1.165, 1.54) is 12.0 Å². The first-order valence-electron chi connectivity index (χ1n) is 7.15. The summed E-state index contributed by atoms with van der Waals surface area (Å²) in [6.45, 7) is 5.22. The molecule has 3 rings (SSSR count). The van der Waals surface area contributed by atoms with Crippen LogP contribution in [0.15, 0.2) is 30.5 Å². The molecule has 2 heterocycles. The normalized spacial score (nSPS) is 21.4. The zero-order valence-electron chi connectivity index (χ0n) is 11.7. The Labute approximate surface area is 124 Å². The molecule has 3 nitrogen and oxygen atoms in total. The minimum Gasteiger partial charge on any atom is -0.328 e. The van der Waals surface area contributed by atoms with Gasteiger partial charge in [-0.25, -0.2) is 0 Å². The van der Waals surface area contributed by atoms with Gasteiger partial charge in [0.15, 0.2) is 0 Å². The second kappa shape index (κ2) is 5.68. The zero-order valence-corrected chi connectivity index (χ0v) is 12.5. The molecule has 2 aromatic rings. The van der Waals surface area contributed by atoms with Gasteiger partial charge in [0.2, 0.25) is 0 Å². The van der Waals surface area contributed by atoms with Crippen LogP contribution in [0.25, 0.3) is 10.9 Å². The molecule has 1 aliphatic rings. The van der Waals surface area contributed by atoms with Crippen molar-refractivity contribution < 1.29 is 0 Å². The summed E-state index contributed by atoms with van der Waals surface area (Å²) < 4.78 is 0. The number of benzene rings is 1. The monoisotopic (exact) mass is 289 g/mol. The van der Waals surface area contributed by atoms with Gasteiger partial charge in [-0.3, -0.25) is 9.88 Å². The number of aromatic nitrogens is 1. The highest BCUT2D eigenvalue weighted by Crippen LogP contribution is 2.27. The predicted octanol–water partition coefficient (Wildman–Crippen LogP) is 3.06. The molecule has 106 valence electrons. The van der Waals surface area contributed by atoms with Gasteiger partial charge in [-0.1, -0.05) is 17.7 Å². The predicted molar refractivity (Wildman–Crippen MR) is 83.8 cm³/mol. The van der Waals surface area contributed by atoms with Crippen LogP contribution in [0.4, 0.5) is 0 Å². The maximum Gasteiger partial charge on any atom is 0.0761 e. The standard InChI is InChI=1S/C16H20ClN3/c1-11(18)12-6-8-20(9-12)10-13-4-5-15(17)14-3-2-7-19-16(13)14/h2-5,7,11-12H,6,8-10,18H2,1H3. The lowest BCUT2D eigenvalue weighted by atomic mass is 10.0. The third-order valence-electron chi connectivity index (χ3n) is 4.25. The number of likely N-dealkylation sites (tertiary alicyclic amines) is 1. The van der Waals surface area contributed by atoms with Crippen LogP contribution < -0.4 is 5.73 Å². The molecule has 2 unspecified atom stereocenters. The van der Waals surface area contributed by atoms with Crippen LogP contribution in [0, 0.1) is 5.92 Å². The zero-order chi connectivity index (χ0) is 14.1. The Kier molecular flexibility index (Phi) is 3.92. The second-order valence-corrected chi connectivity index (χ2v) is 6.16. The van der Waals surface area contributed by atoms with E-state index in [0.717, 1.165) is 35.6 Å². The number of nitrogens with two attached hydrogens (primary N) is 1.